The third-order valence-corrected chi connectivity index (χ3v) is 2.85. The van der Waals surface area contributed by atoms with E-state index >= 15 is 0 Å². The molecule has 0 aliphatic carbocycles. The van der Waals surface area contributed by atoms with Crippen molar-refractivity contribution in [2.75, 3.05) is 0 Å². The number of carbonyl (C=O) groups is 1. The number of nitrogens with one attached hydrogen (secondary N) is 1. The molecule has 0 amide bonds. The van der Waals surface area contributed by atoms with Crippen molar-refractivity contribution in [2.45, 2.75) is 26.9 Å². The maximum atomic E-state index is 11.9. The lowest BCUT2D eigenvalue weighted by atomic mass is 9.90. The molecule has 2 unspecified atom stereocenters. The number of esters is 1. The molecule has 1 rings (SSSR count). The third kappa shape index (κ3) is 4.97. The number of hydrogen-bond acceptors (Lipinski definition) is 3. The van der Waals surface area contributed by atoms with Crippen molar-refractivity contribution in [2.24, 2.45) is 11.8 Å². The Morgan fingerprint density at radius 3 is 2.58 bits per heavy atom. The third-order valence-electron chi connectivity index (χ3n) is 2.85. The zero-order valence-electron chi connectivity index (χ0n) is 11.3. The Morgan fingerprint density at radius 1 is 1.42 bits per heavy atom. The van der Waals surface area contributed by atoms with Crippen molar-refractivity contribution in [3.63, 3.8) is 0 Å². The monoisotopic (exact) mass is 257 g/mol. The van der Waals surface area contributed by atoms with Gasteiger partial charge in [-0.15, -0.1) is 6.42 Å². The van der Waals surface area contributed by atoms with Gasteiger partial charge in [-0.2, -0.15) is 0 Å². The lowest BCUT2D eigenvalue weighted by Gasteiger charge is -2.17. The Kier molecular flexibility index (Phi) is 5.81. The van der Waals surface area contributed by atoms with Gasteiger partial charge in [0.05, 0.1) is 0 Å². The summed E-state index contributed by atoms with van der Waals surface area (Å²) in [6.45, 7) is 3.81. The van der Waals surface area contributed by atoms with Crippen molar-refractivity contribution in [1.29, 1.82) is 5.41 Å². The molecule has 0 spiro atoms. The molecule has 1 aromatic carbocycles. The summed E-state index contributed by atoms with van der Waals surface area (Å²) in [6.07, 6.45) is 5.91. The number of ether oxygens (including phenoxy) is 1. The standard InChI is InChI=1S/C16H19NO2/c1-4-15(12(2)10-13(3)17)16(18)19-11-14-8-6-5-7-9-14/h1,5-9,12,15,17H,10-11H2,2-3H3. The highest BCUT2D eigenvalue weighted by atomic mass is 16.5. The fourth-order valence-corrected chi connectivity index (χ4v) is 1.88. The van der Waals surface area contributed by atoms with Crippen LogP contribution in [0, 0.1) is 29.6 Å². The smallest absolute Gasteiger partial charge is 0.321 e. The topological polar surface area (TPSA) is 50.2 Å². The van der Waals surface area contributed by atoms with Gasteiger partial charge in [0.15, 0.2) is 0 Å². The van der Waals surface area contributed by atoms with Crippen molar-refractivity contribution in [3.05, 3.63) is 35.9 Å². The molecule has 0 bridgehead atoms. The molecule has 19 heavy (non-hydrogen) atoms. The lowest BCUT2D eigenvalue weighted by Crippen LogP contribution is -2.24. The van der Waals surface area contributed by atoms with Gasteiger partial charge in [0.2, 0.25) is 0 Å². The maximum absolute atomic E-state index is 11.9. The van der Waals surface area contributed by atoms with E-state index in [9.17, 15) is 4.79 Å². The molecule has 0 radical (unpaired) electrons. The molecule has 0 saturated heterocycles. The minimum atomic E-state index is -0.594. The predicted octanol–water partition coefficient (Wildman–Crippen LogP) is 3.05. The van der Waals surface area contributed by atoms with Crippen LogP contribution in [0.25, 0.3) is 0 Å². The van der Waals surface area contributed by atoms with Crippen molar-refractivity contribution in [3.8, 4) is 12.3 Å². The molecule has 0 aromatic heterocycles. The largest absolute Gasteiger partial charge is 0.460 e. The second-order valence-corrected chi connectivity index (χ2v) is 4.70. The first-order chi connectivity index (χ1) is 9.04. The number of rotatable bonds is 6. The van der Waals surface area contributed by atoms with Gasteiger partial charge in [0.1, 0.15) is 12.5 Å². The summed E-state index contributed by atoms with van der Waals surface area (Å²) < 4.78 is 5.23. The van der Waals surface area contributed by atoms with Crippen molar-refractivity contribution in [1.82, 2.24) is 0 Å². The number of terminal acetylenes is 1. The molecule has 0 heterocycles. The van der Waals surface area contributed by atoms with E-state index in [0.717, 1.165) is 5.56 Å². The van der Waals surface area contributed by atoms with Crippen LogP contribution in [0.15, 0.2) is 30.3 Å². The summed E-state index contributed by atoms with van der Waals surface area (Å²) in [7, 11) is 0. The second-order valence-electron chi connectivity index (χ2n) is 4.70. The van der Waals surface area contributed by atoms with Gasteiger partial charge in [-0.1, -0.05) is 43.2 Å². The van der Waals surface area contributed by atoms with Gasteiger partial charge >= 0.3 is 5.97 Å². The van der Waals surface area contributed by atoms with E-state index in [0.29, 0.717) is 12.1 Å². The molecule has 0 fully saturated rings. The summed E-state index contributed by atoms with van der Waals surface area (Å²) in [5.41, 5.74) is 1.45. The van der Waals surface area contributed by atoms with E-state index in [-0.39, 0.29) is 18.5 Å². The molecular formula is C16H19NO2. The Bertz CT molecular complexity index is 473. The van der Waals surface area contributed by atoms with E-state index in [2.05, 4.69) is 5.92 Å². The van der Waals surface area contributed by atoms with Gasteiger partial charge in [0, 0.05) is 5.71 Å². The second kappa shape index (κ2) is 7.38. The van der Waals surface area contributed by atoms with Crippen LogP contribution in [0.1, 0.15) is 25.8 Å². The molecule has 1 aromatic rings. The predicted molar refractivity (Wildman–Crippen MR) is 75.7 cm³/mol. The maximum Gasteiger partial charge on any atom is 0.321 e. The summed E-state index contributed by atoms with van der Waals surface area (Å²) in [4.78, 5) is 11.9. The lowest BCUT2D eigenvalue weighted by molar-refractivity contribution is -0.149. The number of hydrogen-bond donors (Lipinski definition) is 1. The Balaban J connectivity index is 2.55. The molecular weight excluding hydrogens is 238 g/mol. The molecule has 2 atom stereocenters. The van der Waals surface area contributed by atoms with Gasteiger partial charge in [-0.3, -0.25) is 4.79 Å². The highest BCUT2D eigenvalue weighted by Gasteiger charge is 2.24. The van der Waals surface area contributed by atoms with E-state index in [4.69, 9.17) is 16.6 Å². The summed E-state index contributed by atoms with van der Waals surface area (Å²) in [5, 5.41) is 7.45. The van der Waals surface area contributed by atoms with Crippen molar-refractivity contribution >= 4 is 11.7 Å². The van der Waals surface area contributed by atoms with Crippen LogP contribution in [-0.2, 0) is 16.1 Å². The number of benzene rings is 1. The van der Waals surface area contributed by atoms with Crippen LogP contribution in [0.3, 0.4) is 0 Å². The van der Waals surface area contributed by atoms with E-state index in [1.807, 2.05) is 37.3 Å². The molecule has 0 saturated carbocycles. The SMILES string of the molecule is C#CC(C(=O)OCc1ccccc1)C(C)CC(C)=N. The summed E-state index contributed by atoms with van der Waals surface area (Å²) in [5.74, 6) is 1.41. The normalized spacial score (nSPS) is 13.1. The average molecular weight is 257 g/mol. The molecule has 0 aliphatic rings. The fourth-order valence-electron chi connectivity index (χ4n) is 1.88. The summed E-state index contributed by atoms with van der Waals surface area (Å²) >= 11 is 0. The van der Waals surface area contributed by atoms with Crippen LogP contribution in [0.4, 0.5) is 0 Å². The summed E-state index contributed by atoms with van der Waals surface area (Å²) in [6, 6.07) is 9.48. The first kappa shape index (κ1) is 15.0. The first-order valence-electron chi connectivity index (χ1n) is 6.25. The van der Waals surface area contributed by atoms with Crippen LogP contribution in [0.5, 0.6) is 0 Å². The Morgan fingerprint density at radius 2 is 2.05 bits per heavy atom. The molecule has 100 valence electrons. The van der Waals surface area contributed by atoms with Crippen LogP contribution in [0.2, 0.25) is 0 Å². The highest BCUT2D eigenvalue weighted by molar-refractivity contribution is 5.81. The first-order valence-corrected chi connectivity index (χ1v) is 6.25. The van der Waals surface area contributed by atoms with Gasteiger partial charge in [0.25, 0.3) is 0 Å². The van der Waals surface area contributed by atoms with Crippen LogP contribution in [-0.4, -0.2) is 11.7 Å². The van der Waals surface area contributed by atoms with Crippen LogP contribution >= 0.6 is 0 Å². The zero-order valence-corrected chi connectivity index (χ0v) is 11.3. The minimum absolute atomic E-state index is 0.0780. The van der Waals surface area contributed by atoms with E-state index in [1.165, 1.54) is 0 Å². The number of carbonyl (C=O) groups excluding carboxylic acids is 1. The molecule has 1 N–H and O–H groups in total. The van der Waals surface area contributed by atoms with Crippen LogP contribution < -0.4 is 0 Å². The Hall–Kier alpha value is -2.08. The quantitative estimate of drug-likeness (QED) is 0.484. The highest BCUT2D eigenvalue weighted by Crippen LogP contribution is 2.17. The molecule has 3 nitrogen and oxygen atoms in total. The van der Waals surface area contributed by atoms with Gasteiger partial charge < -0.3 is 10.1 Å². The molecule has 3 heteroatoms. The Labute approximate surface area is 114 Å². The zero-order chi connectivity index (χ0) is 14.3. The fraction of sp³-hybridized carbons (Fsp3) is 0.375. The van der Waals surface area contributed by atoms with E-state index < -0.39 is 5.92 Å². The van der Waals surface area contributed by atoms with Gasteiger partial charge in [-0.05, 0) is 24.8 Å². The molecule has 0 aliphatic heterocycles. The average Bonchev–Trinajstić information content (AvgIpc) is 2.37. The minimum Gasteiger partial charge on any atom is -0.460 e. The van der Waals surface area contributed by atoms with Crippen molar-refractivity contribution < 1.29 is 9.53 Å². The van der Waals surface area contributed by atoms with E-state index in [1.54, 1.807) is 6.92 Å². The van der Waals surface area contributed by atoms with Gasteiger partial charge in [-0.25, -0.2) is 0 Å².